The third-order valence-electron chi connectivity index (χ3n) is 7.18. The van der Waals surface area contributed by atoms with Gasteiger partial charge in [-0.15, -0.1) is 0 Å². The van der Waals surface area contributed by atoms with Crippen LogP contribution in [0.3, 0.4) is 0 Å². The van der Waals surface area contributed by atoms with Crippen LogP contribution in [-0.4, -0.2) is 43.0 Å². The molecule has 3 aromatic carbocycles. The highest BCUT2D eigenvalue weighted by Crippen LogP contribution is 2.23. The molecule has 1 saturated heterocycles. The lowest BCUT2D eigenvalue weighted by atomic mass is 10.1. The van der Waals surface area contributed by atoms with Crippen molar-refractivity contribution < 1.29 is 33.3 Å². The minimum atomic E-state index is -0.871. The maximum atomic E-state index is 12.8. The van der Waals surface area contributed by atoms with Gasteiger partial charge in [0.05, 0.1) is 13.0 Å². The van der Waals surface area contributed by atoms with Gasteiger partial charge in [0.1, 0.15) is 6.10 Å². The van der Waals surface area contributed by atoms with E-state index in [9.17, 15) is 14.4 Å². The van der Waals surface area contributed by atoms with Crippen LogP contribution < -0.4 is 0 Å². The number of benzene rings is 3. The first kappa shape index (κ1) is 31.0. The quantitative estimate of drug-likeness (QED) is 0.159. The maximum absolute atomic E-state index is 12.8. The van der Waals surface area contributed by atoms with Gasteiger partial charge in [-0.2, -0.15) is 0 Å². The van der Waals surface area contributed by atoms with Crippen molar-refractivity contribution in [1.82, 2.24) is 0 Å². The summed E-state index contributed by atoms with van der Waals surface area (Å²) in [6.07, 6.45) is 2.65. The van der Waals surface area contributed by atoms with Crippen LogP contribution in [0.5, 0.6) is 0 Å². The molecule has 1 fully saturated rings. The van der Waals surface area contributed by atoms with Gasteiger partial charge in [-0.3, -0.25) is 14.4 Å². The van der Waals surface area contributed by atoms with Gasteiger partial charge in [-0.1, -0.05) is 91.0 Å². The Kier molecular flexibility index (Phi) is 12.6. The number of rotatable bonds is 15. The second-order valence-electron chi connectivity index (χ2n) is 10.6. The van der Waals surface area contributed by atoms with Crippen molar-refractivity contribution in [2.45, 2.75) is 82.7 Å². The van der Waals surface area contributed by atoms with Crippen molar-refractivity contribution in [2.75, 3.05) is 6.61 Å². The molecule has 0 N–H and O–H groups in total. The number of hydrogen-bond acceptors (Lipinski definition) is 7. The molecule has 1 heterocycles. The summed E-state index contributed by atoms with van der Waals surface area (Å²) >= 11 is 0. The predicted molar refractivity (Wildman–Crippen MR) is 158 cm³/mol. The summed E-state index contributed by atoms with van der Waals surface area (Å²) in [7, 11) is 0. The zero-order valence-electron chi connectivity index (χ0n) is 24.0. The fourth-order valence-electron chi connectivity index (χ4n) is 4.94. The minimum absolute atomic E-state index is 0.0195. The summed E-state index contributed by atoms with van der Waals surface area (Å²) in [5.41, 5.74) is 3.46. The molecule has 0 radical (unpaired) electrons. The normalized spacial score (nSPS) is 18.1. The molecule has 3 aromatic rings. The molecular formula is C35H40O7. The highest BCUT2D eigenvalue weighted by atomic mass is 16.7. The molecule has 7 nitrogen and oxygen atoms in total. The Balaban J connectivity index is 1.26. The van der Waals surface area contributed by atoms with Crippen LogP contribution in [-0.2, 0) is 52.6 Å². The highest BCUT2D eigenvalue weighted by molar-refractivity contribution is 5.71. The van der Waals surface area contributed by atoms with Crippen LogP contribution in [0.15, 0.2) is 91.0 Å². The highest BCUT2D eigenvalue weighted by Gasteiger charge is 2.38. The van der Waals surface area contributed by atoms with E-state index in [-0.39, 0.29) is 50.2 Å². The van der Waals surface area contributed by atoms with Gasteiger partial charge in [0.25, 0.3) is 0 Å². The third-order valence-corrected chi connectivity index (χ3v) is 7.18. The number of carbonyl (C=O) groups excluding carboxylic acids is 3. The molecule has 0 bridgehead atoms. The molecule has 0 aliphatic carbocycles. The van der Waals surface area contributed by atoms with Gasteiger partial charge in [0, 0.05) is 19.3 Å². The Morgan fingerprint density at radius 3 is 1.36 bits per heavy atom. The fourth-order valence-corrected chi connectivity index (χ4v) is 4.94. The molecule has 1 aliphatic heterocycles. The van der Waals surface area contributed by atoms with E-state index in [0.717, 1.165) is 36.0 Å². The van der Waals surface area contributed by atoms with Gasteiger partial charge in [-0.25, -0.2) is 0 Å². The zero-order valence-corrected chi connectivity index (χ0v) is 24.0. The maximum Gasteiger partial charge on any atom is 0.308 e. The lowest BCUT2D eigenvalue weighted by Crippen LogP contribution is -2.47. The summed E-state index contributed by atoms with van der Waals surface area (Å²) in [4.78, 5) is 37.9. The van der Waals surface area contributed by atoms with Crippen LogP contribution in [0, 0.1) is 0 Å². The molecule has 1 aliphatic rings. The summed E-state index contributed by atoms with van der Waals surface area (Å²) in [6, 6.07) is 29.8. The second-order valence-corrected chi connectivity index (χ2v) is 10.6. The largest absolute Gasteiger partial charge is 0.458 e. The molecule has 0 spiro atoms. The van der Waals surface area contributed by atoms with Gasteiger partial charge >= 0.3 is 17.9 Å². The van der Waals surface area contributed by atoms with Crippen molar-refractivity contribution in [3.8, 4) is 0 Å². The topological polar surface area (TPSA) is 88.1 Å². The Morgan fingerprint density at radius 2 is 0.929 bits per heavy atom. The number of carbonyl (C=O) groups is 3. The van der Waals surface area contributed by atoms with Gasteiger partial charge in [0.2, 0.25) is 6.29 Å². The Hall–Kier alpha value is -3.97. The SMILES string of the molecule is O=C(CCCc1ccccc1)OC1C[C@@H](OC(=O)CCCc2ccccc2)[C@H](OC(=O)CCCc2ccccc2)CO1. The zero-order chi connectivity index (χ0) is 29.4. The average molecular weight is 573 g/mol. The van der Waals surface area contributed by atoms with Gasteiger partial charge in [0.15, 0.2) is 6.10 Å². The van der Waals surface area contributed by atoms with E-state index in [1.165, 1.54) is 0 Å². The lowest BCUT2D eigenvalue weighted by Gasteiger charge is -2.34. The van der Waals surface area contributed by atoms with E-state index in [1.807, 2.05) is 91.0 Å². The molecule has 4 rings (SSSR count). The van der Waals surface area contributed by atoms with Crippen molar-refractivity contribution in [3.05, 3.63) is 108 Å². The third kappa shape index (κ3) is 11.1. The van der Waals surface area contributed by atoms with E-state index in [0.29, 0.717) is 19.3 Å². The Morgan fingerprint density at radius 1 is 0.548 bits per heavy atom. The summed E-state index contributed by atoms with van der Waals surface area (Å²) in [5.74, 6) is -1.13. The van der Waals surface area contributed by atoms with Crippen LogP contribution >= 0.6 is 0 Å². The first-order valence-electron chi connectivity index (χ1n) is 14.9. The standard InChI is InChI=1S/C35H40O7/c36-32(22-10-19-27-13-4-1-5-14-27)40-30-25-35(42-34(38)24-12-21-29-17-8-3-9-18-29)39-26-31(30)41-33(37)23-11-20-28-15-6-2-7-16-28/h1-9,13-18,30-31,35H,10-12,19-26H2/t30-,31-,35?/m1/s1. The molecular weight excluding hydrogens is 532 g/mol. The average Bonchev–Trinajstić information content (AvgIpc) is 3.00. The van der Waals surface area contributed by atoms with Crippen LogP contribution in [0.1, 0.15) is 61.6 Å². The molecule has 42 heavy (non-hydrogen) atoms. The number of aryl methyl sites for hydroxylation is 3. The van der Waals surface area contributed by atoms with Crippen LogP contribution in [0.2, 0.25) is 0 Å². The first-order valence-corrected chi connectivity index (χ1v) is 14.9. The lowest BCUT2D eigenvalue weighted by molar-refractivity contribution is -0.230. The molecule has 3 atom stereocenters. The van der Waals surface area contributed by atoms with Crippen LogP contribution in [0.25, 0.3) is 0 Å². The van der Waals surface area contributed by atoms with Crippen molar-refractivity contribution >= 4 is 17.9 Å². The van der Waals surface area contributed by atoms with Crippen LogP contribution in [0.4, 0.5) is 0 Å². The summed E-state index contributed by atoms with van der Waals surface area (Å²) < 4.78 is 22.8. The van der Waals surface area contributed by atoms with E-state index < -0.39 is 18.5 Å². The Labute approximate surface area is 248 Å². The predicted octanol–water partition coefficient (Wildman–Crippen LogP) is 6.17. The molecule has 0 saturated carbocycles. The van der Waals surface area contributed by atoms with Crippen molar-refractivity contribution in [1.29, 1.82) is 0 Å². The molecule has 0 aromatic heterocycles. The van der Waals surface area contributed by atoms with Crippen molar-refractivity contribution in [3.63, 3.8) is 0 Å². The smallest absolute Gasteiger partial charge is 0.308 e. The second kappa shape index (κ2) is 17.1. The monoisotopic (exact) mass is 572 g/mol. The van der Waals surface area contributed by atoms with E-state index in [1.54, 1.807) is 0 Å². The number of ether oxygens (including phenoxy) is 4. The fraction of sp³-hybridized carbons (Fsp3) is 0.400. The Bertz CT molecular complexity index is 1230. The van der Waals surface area contributed by atoms with Gasteiger partial charge < -0.3 is 18.9 Å². The summed E-state index contributed by atoms with van der Waals surface area (Å²) in [6.45, 7) is -0.0195. The van der Waals surface area contributed by atoms with Gasteiger partial charge in [-0.05, 0) is 55.2 Å². The van der Waals surface area contributed by atoms with Crippen molar-refractivity contribution in [2.24, 2.45) is 0 Å². The first-order chi connectivity index (χ1) is 20.5. The minimum Gasteiger partial charge on any atom is -0.458 e. The molecule has 222 valence electrons. The molecule has 7 heteroatoms. The molecule has 1 unspecified atom stereocenters. The number of esters is 3. The van der Waals surface area contributed by atoms with E-state index in [2.05, 4.69) is 0 Å². The molecule has 0 amide bonds. The van der Waals surface area contributed by atoms with E-state index >= 15 is 0 Å². The van der Waals surface area contributed by atoms with E-state index in [4.69, 9.17) is 18.9 Å². The number of hydrogen-bond donors (Lipinski definition) is 0. The summed E-state index contributed by atoms with van der Waals surface area (Å²) in [5, 5.41) is 0.